The van der Waals surface area contributed by atoms with Crippen molar-refractivity contribution in [2.24, 2.45) is 4.99 Å². The van der Waals surface area contributed by atoms with Gasteiger partial charge in [0.1, 0.15) is 12.6 Å². The summed E-state index contributed by atoms with van der Waals surface area (Å²) in [5.41, 5.74) is 0. The average molecular weight is 494 g/mol. The SMILES string of the molecule is CCNC(=NCc1nc(C(C)OCC)no1)N1CCC(N(CC)CC)C1.I. The molecule has 0 bridgehead atoms. The van der Waals surface area contributed by atoms with Crippen LogP contribution in [0.15, 0.2) is 9.52 Å². The number of nitrogens with one attached hydrogen (secondary N) is 1. The second-order valence-electron chi connectivity index (χ2n) is 6.42. The van der Waals surface area contributed by atoms with Crippen molar-refractivity contribution in [2.75, 3.05) is 39.3 Å². The van der Waals surface area contributed by atoms with Crippen LogP contribution >= 0.6 is 24.0 Å². The van der Waals surface area contributed by atoms with E-state index in [9.17, 15) is 0 Å². The minimum Gasteiger partial charge on any atom is -0.371 e. The van der Waals surface area contributed by atoms with Gasteiger partial charge in [-0.3, -0.25) is 4.90 Å². The molecule has 0 amide bonds. The zero-order valence-electron chi connectivity index (χ0n) is 17.3. The molecule has 0 aromatic carbocycles. The van der Waals surface area contributed by atoms with Crippen LogP contribution in [0.25, 0.3) is 0 Å². The molecule has 1 aromatic rings. The quantitative estimate of drug-likeness (QED) is 0.321. The third kappa shape index (κ3) is 6.86. The predicted molar refractivity (Wildman–Crippen MR) is 117 cm³/mol. The summed E-state index contributed by atoms with van der Waals surface area (Å²) in [7, 11) is 0. The van der Waals surface area contributed by atoms with Crippen LogP contribution in [-0.2, 0) is 11.3 Å². The maximum Gasteiger partial charge on any atom is 0.248 e. The molecule has 1 aliphatic heterocycles. The summed E-state index contributed by atoms with van der Waals surface area (Å²) in [6.45, 7) is 16.4. The van der Waals surface area contributed by atoms with E-state index >= 15 is 0 Å². The highest BCUT2D eigenvalue weighted by Crippen LogP contribution is 2.16. The van der Waals surface area contributed by atoms with Crippen LogP contribution in [0, 0.1) is 0 Å². The van der Waals surface area contributed by atoms with Crippen molar-refractivity contribution in [3.8, 4) is 0 Å². The lowest BCUT2D eigenvalue weighted by molar-refractivity contribution is 0.0683. The standard InChI is InChI=1S/C18H34N6O2.HI/c1-6-19-18(24-11-10-15(13-24)23(7-2)8-3)20-12-16-21-17(22-26-16)14(5)25-9-4;/h14-15H,6-13H2,1-5H3,(H,19,20);1H. The van der Waals surface area contributed by atoms with Crippen molar-refractivity contribution in [1.29, 1.82) is 0 Å². The molecule has 0 spiro atoms. The Morgan fingerprint density at radius 3 is 2.74 bits per heavy atom. The van der Waals surface area contributed by atoms with Crippen LogP contribution < -0.4 is 5.32 Å². The van der Waals surface area contributed by atoms with Gasteiger partial charge in [-0.1, -0.05) is 19.0 Å². The van der Waals surface area contributed by atoms with E-state index in [1.165, 1.54) is 6.42 Å². The van der Waals surface area contributed by atoms with Crippen LogP contribution in [0.5, 0.6) is 0 Å². The second kappa shape index (κ2) is 12.5. The fraction of sp³-hybridized carbons (Fsp3) is 0.833. The zero-order valence-corrected chi connectivity index (χ0v) is 19.6. The molecule has 1 N–H and O–H groups in total. The number of guanidine groups is 1. The summed E-state index contributed by atoms with van der Waals surface area (Å²) in [6, 6.07) is 0.593. The Bertz CT molecular complexity index is 564. The molecule has 0 saturated carbocycles. The number of aromatic nitrogens is 2. The average Bonchev–Trinajstić information content (AvgIpc) is 3.30. The summed E-state index contributed by atoms with van der Waals surface area (Å²) >= 11 is 0. The van der Waals surface area contributed by atoms with Gasteiger partial charge in [-0.25, -0.2) is 4.99 Å². The van der Waals surface area contributed by atoms with E-state index in [1.54, 1.807) is 0 Å². The van der Waals surface area contributed by atoms with Gasteiger partial charge < -0.3 is 19.5 Å². The largest absolute Gasteiger partial charge is 0.371 e. The molecule has 9 heteroatoms. The molecule has 0 radical (unpaired) electrons. The molecular weight excluding hydrogens is 459 g/mol. The lowest BCUT2D eigenvalue weighted by atomic mass is 10.2. The predicted octanol–water partition coefficient (Wildman–Crippen LogP) is 2.67. The summed E-state index contributed by atoms with van der Waals surface area (Å²) in [4.78, 5) is 13.9. The van der Waals surface area contributed by atoms with Crippen molar-refractivity contribution in [3.05, 3.63) is 11.7 Å². The molecule has 156 valence electrons. The summed E-state index contributed by atoms with van der Waals surface area (Å²) in [5.74, 6) is 2.01. The van der Waals surface area contributed by atoms with Gasteiger partial charge >= 0.3 is 0 Å². The second-order valence-corrected chi connectivity index (χ2v) is 6.42. The first kappa shape index (κ1) is 24.1. The highest BCUT2D eigenvalue weighted by molar-refractivity contribution is 14.0. The molecule has 1 aliphatic rings. The number of likely N-dealkylation sites (N-methyl/N-ethyl adjacent to an activating group) is 1. The molecule has 1 fully saturated rings. The number of aliphatic imine (C=N–C) groups is 1. The maximum absolute atomic E-state index is 5.50. The van der Waals surface area contributed by atoms with Crippen LogP contribution in [0.4, 0.5) is 0 Å². The Balaban J connectivity index is 0.00000364. The summed E-state index contributed by atoms with van der Waals surface area (Å²) < 4.78 is 10.8. The normalized spacial score (nSPS) is 18.7. The number of halogens is 1. The Labute approximate surface area is 180 Å². The Morgan fingerprint density at radius 2 is 2.11 bits per heavy atom. The minimum atomic E-state index is -0.164. The van der Waals surface area contributed by atoms with Crippen molar-refractivity contribution >= 4 is 29.9 Å². The molecule has 8 nitrogen and oxygen atoms in total. The molecular formula is C18H35IN6O2. The summed E-state index contributed by atoms with van der Waals surface area (Å²) in [6.07, 6.45) is 1.01. The lowest BCUT2D eigenvalue weighted by Gasteiger charge is -2.27. The first-order chi connectivity index (χ1) is 12.6. The first-order valence-electron chi connectivity index (χ1n) is 9.84. The number of nitrogens with zero attached hydrogens (tertiary/aromatic N) is 5. The molecule has 1 saturated heterocycles. The third-order valence-electron chi connectivity index (χ3n) is 4.75. The van der Waals surface area contributed by atoms with Crippen LogP contribution in [0.2, 0.25) is 0 Å². The van der Waals surface area contributed by atoms with E-state index in [4.69, 9.17) is 14.3 Å². The Kier molecular flexibility index (Phi) is 11.2. The van der Waals surface area contributed by atoms with E-state index in [2.05, 4.69) is 46.0 Å². The van der Waals surface area contributed by atoms with E-state index in [0.717, 1.165) is 38.7 Å². The van der Waals surface area contributed by atoms with E-state index in [-0.39, 0.29) is 30.1 Å². The highest BCUT2D eigenvalue weighted by atomic mass is 127. The minimum absolute atomic E-state index is 0. The molecule has 2 unspecified atom stereocenters. The Morgan fingerprint density at radius 1 is 1.37 bits per heavy atom. The van der Waals surface area contributed by atoms with Crippen LogP contribution in [-0.4, -0.2) is 71.3 Å². The van der Waals surface area contributed by atoms with Crippen molar-refractivity contribution in [2.45, 2.75) is 59.7 Å². The first-order valence-corrected chi connectivity index (χ1v) is 9.84. The van der Waals surface area contributed by atoms with Gasteiger partial charge in [-0.2, -0.15) is 4.98 Å². The number of ether oxygens (including phenoxy) is 1. The number of likely N-dealkylation sites (tertiary alicyclic amines) is 1. The van der Waals surface area contributed by atoms with Crippen LogP contribution in [0.1, 0.15) is 58.9 Å². The van der Waals surface area contributed by atoms with E-state index < -0.39 is 0 Å². The number of rotatable bonds is 9. The molecule has 0 aliphatic carbocycles. The van der Waals surface area contributed by atoms with E-state index in [1.807, 2.05) is 13.8 Å². The number of hydrogen-bond donors (Lipinski definition) is 1. The number of hydrogen-bond acceptors (Lipinski definition) is 6. The molecule has 27 heavy (non-hydrogen) atoms. The maximum atomic E-state index is 5.50. The monoisotopic (exact) mass is 494 g/mol. The van der Waals surface area contributed by atoms with Gasteiger partial charge in [-0.05, 0) is 40.3 Å². The van der Waals surface area contributed by atoms with Crippen LogP contribution in [0.3, 0.4) is 0 Å². The highest BCUT2D eigenvalue weighted by Gasteiger charge is 2.28. The van der Waals surface area contributed by atoms with Crippen molar-refractivity contribution < 1.29 is 9.26 Å². The van der Waals surface area contributed by atoms with Gasteiger partial charge in [0.2, 0.25) is 5.89 Å². The zero-order chi connectivity index (χ0) is 18.9. The fourth-order valence-corrected chi connectivity index (χ4v) is 3.36. The van der Waals surface area contributed by atoms with Gasteiger partial charge in [0.15, 0.2) is 11.8 Å². The molecule has 2 atom stereocenters. The van der Waals surface area contributed by atoms with Gasteiger partial charge in [0, 0.05) is 32.3 Å². The Hall–Kier alpha value is -0.940. The summed E-state index contributed by atoms with van der Waals surface area (Å²) in [5, 5.41) is 7.38. The third-order valence-corrected chi connectivity index (χ3v) is 4.75. The van der Waals surface area contributed by atoms with Gasteiger partial charge in [0.05, 0.1) is 0 Å². The van der Waals surface area contributed by atoms with Gasteiger partial charge in [-0.15, -0.1) is 24.0 Å². The van der Waals surface area contributed by atoms with Crippen molar-refractivity contribution in [1.82, 2.24) is 25.3 Å². The smallest absolute Gasteiger partial charge is 0.248 e. The lowest BCUT2D eigenvalue weighted by Crippen LogP contribution is -2.43. The van der Waals surface area contributed by atoms with E-state index in [0.29, 0.717) is 30.9 Å². The molecule has 2 rings (SSSR count). The fourth-order valence-electron chi connectivity index (χ4n) is 3.36. The molecule has 2 heterocycles. The van der Waals surface area contributed by atoms with Crippen molar-refractivity contribution in [3.63, 3.8) is 0 Å². The molecule has 1 aromatic heterocycles. The topological polar surface area (TPSA) is 79.0 Å². The van der Waals surface area contributed by atoms with Gasteiger partial charge in [0.25, 0.3) is 0 Å².